The summed E-state index contributed by atoms with van der Waals surface area (Å²) >= 11 is 0. The summed E-state index contributed by atoms with van der Waals surface area (Å²) in [5.74, 6) is -1.51. The van der Waals surface area contributed by atoms with Crippen molar-refractivity contribution in [2.75, 3.05) is 6.54 Å². The Morgan fingerprint density at radius 3 is 2.12 bits per heavy atom. The van der Waals surface area contributed by atoms with Crippen molar-refractivity contribution in [2.24, 2.45) is 11.5 Å². The molecule has 0 aromatic rings. The van der Waals surface area contributed by atoms with Crippen LogP contribution in [0.25, 0.3) is 0 Å². The fourth-order valence-electron chi connectivity index (χ4n) is 0.0873. The van der Waals surface area contributed by atoms with Gasteiger partial charge >= 0.3 is 5.97 Å². The van der Waals surface area contributed by atoms with Crippen LogP contribution in [0.3, 0.4) is 0 Å². The zero-order valence-corrected chi connectivity index (χ0v) is 4.16. The normalized spacial score (nSPS) is 17.4. The molecule has 0 aliphatic rings. The molecule has 0 rings (SSSR count). The number of nitrogens with two attached hydrogens (primary N) is 2. The van der Waals surface area contributed by atoms with E-state index in [1.807, 2.05) is 0 Å². The molecule has 0 aromatic carbocycles. The van der Waals surface area contributed by atoms with Gasteiger partial charge in [0.25, 0.3) is 0 Å². The molecule has 1 unspecified atom stereocenters. The molecule has 0 aromatic heterocycles. The quantitative estimate of drug-likeness (QED) is 0.306. The molecule has 8 heavy (non-hydrogen) atoms. The Morgan fingerprint density at radius 2 is 2.12 bits per heavy atom. The molecule has 1 atom stereocenters. The number of carboxylic acid groups (broad SMARTS) is 1. The maximum atomic E-state index is 9.80. The van der Waals surface area contributed by atoms with Crippen LogP contribution < -0.4 is 11.5 Å². The molecule has 6 N–H and O–H groups in total. The van der Waals surface area contributed by atoms with Crippen LogP contribution in [0, 0.1) is 0 Å². The van der Waals surface area contributed by atoms with Crippen LogP contribution in [-0.2, 0) is 4.79 Å². The summed E-state index contributed by atoms with van der Waals surface area (Å²) in [6.07, 6.45) is 0. The third kappa shape index (κ3) is 1.45. The monoisotopic (exact) mass is 120 g/mol. The van der Waals surface area contributed by atoms with Gasteiger partial charge in [-0.1, -0.05) is 0 Å². The third-order valence-corrected chi connectivity index (χ3v) is 0.682. The van der Waals surface area contributed by atoms with E-state index in [0.29, 0.717) is 0 Å². The lowest BCUT2D eigenvalue weighted by molar-refractivity contribution is -0.156. The van der Waals surface area contributed by atoms with Crippen molar-refractivity contribution >= 4 is 5.97 Å². The van der Waals surface area contributed by atoms with E-state index in [9.17, 15) is 4.79 Å². The zero-order valence-electron chi connectivity index (χ0n) is 4.16. The van der Waals surface area contributed by atoms with E-state index < -0.39 is 18.2 Å². The van der Waals surface area contributed by atoms with E-state index in [4.69, 9.17) is 15.9 Å². The Balaban J connectivity index is 3.91. The predicted molar refractivity (Wildman–Crippen MR) is 25.8 cm³/mol. The van der Waals surface area contributed by atoms with Gasteiger partial charge < -0.3 is 15.9 Å². The summed E-state index contributed by atoms with van der Waals surface area (Å²) in [6.45, 7) is -0.484. The second-order valence-electron chi connectivity index (χ2n) is 1.43. The van der Waals surface area contributed by atoms with Gasteiger partial charge in [0.2, 0.25) is 5.72 Å². The van der Waals surface area contributed by atoms with E-state index in [1.165, 1.54) is 0 Å². The Labute approximate surface area is 45.9 Å². The van der Waals surface area contributed by atoms with Gasteiger partial charge in [0, 0.05) is 6.54 Å². The van der Waals surface area contributed by atoms with Crippen molar-refractivity contribution in [1.82, 2.24) is 0 Å². The second kappa shape index (κ2) is 2.08. The second-order valence-corrected chi connectivity index (χ2v) is 1.43. The van der Waals surface area contributed by atoms with Gasteiger partial charge in [-0.2, -0.15) is 0 Å². The Morgan fingerprint density at radius 1 is 1.75 bits per heavy atom. The molecule has 0 bridgehead atoms. The highest BCUT2D eigenvalue weighted by Gasteiger charge is 2.28. The van der Waals surface area contributed by atoms with Gasteiger partial charge in [-0.3, -0.25) is 5.73 Å². The molecule has 0 amide bonds. The molecular weight excluding hydrogens is 112 g/mol. The fourth-order valence-corrected chi connectivity index (χ4v) is 0.0873. The van der Waals surface area contributed by atoms with Gasteiger partial charge in [0.05, 0.1) is 0 Å². The first-order valence-electron chi connectivity index (χ1n) is 1.95. The van der Waals surface area contributed by atoms with Crippen LogP contribution in [0.5, 0.6) is 0 Å². The summed E-state index contributed by atoms with van der Waals surface area (Å²) in [7, 11) is 0. The first-order valence-corrected chi connectivity index (χ1v) is 1.95. The summed E-state index contributed by atoms with van der Waals surface area (Å²) < 4.78 is 0. The molecule has 48 valence electrons. The van der Waals surface area contributed by atoms with Gasteiger partial charge in [-0.15, -0.1) is 0 Å². The predicted octanol–water partition coefficient (Wildman–Crippen LogP) is -2.32. The summed E-state index contributed by atoms with van der Waals surface area (Å²) in [5.41, 5.74) is 7.18. The molecule has 0 heterocycles. The minimum absolute atomic E-state index is 0.484. The smallest absolute Gasteiger partial charge is 0.352 e. The van der Waals surface area contributed by atoms with Crippen molar-refractivity contribution in [3.8, 4) is 0 Å². The highest BCUT2D eigenvalue weighted by atomic mass is 16.4. The molecule has 0 saturated heterocycles. The average Bonchev–Trinajstić information content (AvgIpc) is 1.67. The highest BCUT2D eigenvalue weighted by Crippen LogP contribution is 1.88. The molecule has 0 fully saturated rings. The molecule has 0 aliphatic carbocycles. The van der Waals surface area contributed by atoms with Crippen molar-refractivity contribution < 1.29 is 15.0 Å². The van der Waals surface area contributed by atoms with Gasteiger partial charge in [-0.25, -0.2) is 4.79 Å². The number of rotatable bonds is 2. The van der Waals surface area contributed by atoms with Crippen LogP contribution in [0.1, 0.15) is 0 Å². The molecule has 0 radical (unpaired) electrons. The van der Waals surface area contributed by atoms with E-state index in [1.54, 1.807) is 0 Å². The van der Waals surface area contributed by atoms with Crippen LogP contribution >= 0.6 is 0 Å². The Bertz CT molecular complexity index is 101. The molecule has 5 heteroatoms. The standard InChI is InChI=1S/C3H8N2O3/c4-1-3(5,8)2(6)7/h8H,1,4-5H2,(H,6,7). The number of hydrogen-bond donors (Lipinski definition) is 4. The van der Waals surface area contributed by atoms with Gasteiger partial charge in [-0.05, 0) is 0 Å². The van der Waals surface area contributed by atoms with Crippen LogP contribution in [-0.4, -0.2) is 28.5 Å². The topological polar surface area (TPSA) is 110 Å². The number of carboxylic acids is 1. The molecular formula is C3H8N2O3. The van der Waals surface area contributed by atoms with Crippen molar-refractivity contribution in [1.29, 1.82) is 0 Å². The lowest BCUT2D eigenvalue weighted by Crippen LogP contribution is -2.53. The zero-order chi connectivity index (χ0) is 6.78. The minimum Gasteiger partial charge on any atom is -0.478 e. The first-order chi connectivity index (χ1) is 3.50. The molecule has 0 spiro atoms. The Kier molecular flexibility index (Phi) is 1.91. The molecule has 5 nitrogen and oxygen atoms in total. The summed E-state index contributed by atoms with van der Waals surface area (Å²) in [6, 6.07) is 0. The van der Waals surface area contributed by atoms with E-state index >= 15 is 0 Å². The van der Waals surface area contributed by atoms with Crippen molar-refractivity contribution in [3.05, 3.63) is 0 Å². The van der Waals surface area contributed by atoms with E-state index in [0.717, 1.165) is 0 Å². The van der Waals surface area contributed by atoms with Gasteiger partial charge in [0.15, 0.2) is 0 Å². The number of aliphatic carboxylic acids is 1. The van der Waals surface area contributed by atoms with Crippen molar-refractivity contribution in [3.63, 3.8) is 0 Å². The third-order valence-electron chi connectivity index (χ3n) is 0.682. The SMILES string of the molecule is NCC(N)(O)C(=O)O. The fraction of sp³-hybridized carbons (Fsp3) is 0.667. The van der Waals surface area contributed by atoms with Crippen LogP contribution in [0.15, 0.2) is 0 Å². The largest absolute Gasteiger partial charge is 0.478 e. The Hall–Kier alpha value is -0.650. The summed E-state index contributed by atoms with van der Waals surface area (Å²) in [5, 5.41) is 16.4. The average molecular weight is 120 g/mol. The van der Waals surface area contributed by atoms with E-state index in [-0.39, 0.29) is 0 Å². The lowest BCUT2D eigenvalue weighted by atomic mass is 10.2. The maximum absolute atomic E-state index is 9.80. The highest BCUT2D eigenvalue weighted by molar-refractivity contribution is 5.76. The summed E-state index contributed by atoms with van der Waals surface area (Å²) in [4.78, 5) is 9.80. The number of carbonyl (C=O) groups is 1. The van der Waals surface area contributed by atoms with Crippen LogP contribution in [0.4, 0.5) is 0 Å². The van der Waals surface area contributed by atoms with Gasteiger partial charge in [0.1, 0.15) is 0 Å². The number of aliphatic hydroxyl groups is 1. The number of hydrogen-bond acceptors (Lipinski definition) is 4. The molecule has 0 saturated carbocycles. The lowest BCUT2D eigenvalue weighted by Gasteiger charge is -2.13. The van der Waals surface area contributed by atoms with Crippen LogP contribution in [0.2, 0.25) is 0 Å². The maximum Gasteiger partial charge on any atom is 0.352 e. The van der Waals surface area contributed by atoms with Crippen molar-refractivity contribution in [2.45, 2.75) is 5.72 Å². The van der Waals surface area contributed by atoms with E-state index in [2.05, 4.69) is 5.73 Å². The first kappa shape index (κ1) is 7.35. The molecule has 0 aliphatic heterocycles. The minimum atomic E-state index is -2.26.